The van der Waals surface area contributed by atoms with E-state index in [4.69, 9.17) is 4.74 Å². The Morgan fingerprint density at radius 3 is 2.72 bits per heavy atom. The molecule has 1 aromatic heterocycles. The van der Waals surface area contributed by atoms with E-state index in [1.807, 2.05) is 0 Å². The summed E-state index contributed by atoms with van der Waals surface area (Å²) in [5.74, 6) is -0.300. The molecule has 0 radical (unpaired) electrons. The van der Waals surface area contributed by atoms with Gasteiger partial charge in [0.15, 0.2) is 0 Å². The van der Waals surface area contributed by atoms with E-state index in [1.165, 1.54) is 18.7 Å². The highest BCUT2D eigenvalue weighted by Crippen LogP contribution is 2.07. The van der Waals surface area contributed by atoms with Crippen molar-refractivity contribution in [1.82, 2.24) is 14.8 Å². The van der Waals surface area contributed by atoms with Crippen molar-refractivity contribution in [2.45, 2.75) is 19.3 Å². The van der Waals surface area contributed by atoms with Crippen LogP contribution in [0.4, 0.5) is 4.39 Å². The second kappa shape index (κ2) is 6.23. The molecule has 0 bridgehead atoms. The third kappa shape index (κ3) is 3.61. The topological polar surface area (TPSA) is 60.2 Å². The molecule has 0 saturated carbocycles. The van der Waals surface area contributed by atoms with Crippen molar-refractivity contribution in [2.75, 3.05) is 6.61 Å². The number of nitrogens with zero attached hydrogens (tertiary/aromatic N) is 3. The molecule has 0 saturated heterocycles. The molecule has 18 heavy (non-hydrogen) atoms. The van der Waals surface area contributed by atoms with Crippen LogP contribution in [-0.2, 0) is 17.9 Å². The number of benzene rings is 1. The summed E-state index contributed by atoms with van der Waals surface area (Å²) in [5.41, 5.74) is 0.481. The molecule has 0 spiro atoms. The van der Waals surface area contributed by atoms with Crippen molar-refractivity contribution in [3.05, 3.63) is 48.3 Å². The monoisotopic (exact) mass is 251 g/mol. The Labute approximate surface area is 104 Å². The van der Waals surface area contributed by atoms with Gasteiger partial charge in [0.05, 0.1) is 25.9 Å². The summed E-state index contributed by atoms with van der Waals surface area (Å²) >= 11 is 0. The van der Waals surface area contributed by atoms with Crippen molar-refractivity contribution < 1.29 is 14.2 Å². The molecule has 2 rings (SSSR count). The van der Waals surface area contributed by atoms with Crippen LogP contribution < -0.4 is 0 Å². The van der Waals surface area contributed by atoms with E-state index in [2.05, 4.69) is 10.2 Å². The van der Waals surface area contributed by atoms with E-state index >= 15 is 0 Å². The van der Waals surface area contributed by atoms with Crippen LogP contribution in [0.2, 0.25) is 0 Å². The molecule has 1 unspecified atom stereocenters. The lowest BCUT2D eigenvalue weighted by atomic mass is 10.2. The first-order valence-corrected chi connectivity index (χ1v) is 5.57. The van der Waals surface area contributed by atoms with Gasteiger partial charge >= 0.3 is 0 Å². The summed E-state index contributed by atoms with van der Waals surface area (Å²) in [4.78, 5) is 0. The van der Waals surface area contributed by atoms with Crippen LogP contribution >= 0.6 is 0 Å². The predicted octanol–water partition coefficient (Wildman–Crippen LogP) is 0.995. The molecule has 0 aliphatic carbocycles. The van der Waals surface area contributed by atoms with Crippen LogP contribution in [-0.4, -0.2) is 32.6 Å². The van der Waals surface area contributed by atoms with Crippen molar-refractivity contribution >= 4 is 0 Å². The Hall–Kier alpha value is -1.79. The first kappa shape index (κ1) is 12.7. The molecule has 5 nitrogen and oxygen atoms in total. The molecule has 1 aromatic carbocycles. The minimum absolute atomic E-state index is 0.131. The molecule has 0 aliphatic heterocycles. The standard InChI is InChI=1S/C12H14FN3O2/c13-12-4-2-1-3-10(12)6-18-7-11(17)5-16-8-14-15-9-16/h1-4,8-9,11,17H,5-7H2. The molecule has 0 fully saturated rings. The zero-order chi connectivity index (χ0) is 12.8. The summed E-state index contributed by atoms with van der Waals surface area (Å²) in [6.07, 6.45) is 2.35. The van der Waals surface area contributed by atoms with Crippen LogP contribution in [0.3, 0.4) is 0 Å². The largest absolute Gasteiger partial charge is 0.389 e. The molecule has 1 atom stereocenters. The first-order chi connectivity index (χ1) is 8.75. The predicted molar refractivity (Wildman–Crippen MR) is 62.1 cm³/mol. The van der Waals surface area contributed by atoms with Gasteiger partial charge in [-0.2, -0.15) is 0 Å². The van der Waals surface area contributed by atoms with Crippen molar-refractivity contribution in [3.8, 4) is 0 Å². The number of aliphatic hydroxyl groups excluding tert-OH is 1. The van der Waals surface area contributed by atoms with Gasteiger partial charge < -0.3 is 14.4 Å². The normalized spacial score (nSPS) is 12.6. The molecule has 2 aromatic rings. The zero-order valence-electron chi connectivity index (χ0n) is 9.74. The number of halogens is 1. The maximum Gasteiger partial charge on any atom is 0.128 e. The summed E-state index contributed by atoms with van der Waals surface area (Å²) in [5, 5.41) is 16.9. The van der Waals surface area contributed by atoms with E-state index < -0.39 is 6.10 Å². The summed E-state index contributed by atoms with van der Waals surface area (Å²) in [7, 11) is 0. The van der Waals surface area contributed by atoms with Gasteiger partial charge in [0, 0.05) is 5.56 Å². The molecule has 6 heteroatoms. The van der Waals surface area contributed by atoms with Crippen molar-refractivity contribution in [3.63, 3.8) is 0 Å². The van der Waals surface area contributed by atoms with Crippen LogP contribution in [0, 0.1) is 5.82 Å². The van der Waals surface area contributed by atoms with Gasteiger partial charge in [-0.05, 0) is 6.07 Å². The molecule has 96 valence electrons. The molecule has 0 aliphatic rings. The third-order valence-electron chi connectivity index (χ3n) is 2.41. The summed E-state index contributed by atoms with van der Waals surface area (Å²) in [6.45, 7) is 0.628. The van der Waals surface area contributed by atoms with Crippen LogP contribution in [0.5, 0.6) is 0 Å². The molecule has 1 heterocycles. The Morgan fingerprint density at radius 2 is 2.00 bits per heavy atom. The minimum atomic E-state index is -0.673. The number of hydrogen-bond donors (Lipinski definition) is 1. The van der Waals surface area contributed by atoms with Gasteiger partial charge in [0.25, 0.3) is 0 Å². The maximum atomic E-state index is 13.3. The maximum absolute atomic E-state index is 13.3. The van der Waals surface area contributed by atoms with Gasteiger partial charge in [-0.3, -0.25) is 0 Å². The van der Waals surface area contributed by atoms with E-state index in [1.54, 1.807) is 22.8 Å². The molecule has 0 amide bonds. The number of ether oxygens (including phenoxy) is 1. The van der Waals surface area contributed by atoms with Gasteiger partial charge in [-0.15, -0.1) is 10.2 Å². The van der Waals surface area contributed by atoms with Crippen LogP contribution in [0.25, 0.3) is 0 Å². The Bertz CT molecular complexity index is 476. The average Bonchev–Trinajstić information content (AvgIpc) is 2.84. The Kier molecular flexibility index (Phi) is 4.38. The van der Waals surface area contributed by atoms with Gasteiger partial charge in [-0.25, -0.2) is 4.39 Å². The molecular formula is C12H14FN3O2. The summed E-state index contributed by atoms with van der Waals surface area (Å²) in [6, 6.07) is 6.41. The lowest BCUT2D eigenvalue weighted by molar-refractivity contribution is 0.0194. The Balaban J connectivity index is 1.74. The van der Waals surface area contributed by atoms with E-state index in [0.29, 0.717) is 12.1 Å². The van der Waals surface area contributed by atoms with E-state index in [-0.39, 0.29) is 19.0 Å². The number of aliphatic hydroxyl groups is 1. The SMILES string of the molecule is OC(COCc1ccccc1F)Cn1cnnc1. The fourth-order valence-corrected chi connectivity index (χ4v) is 1.53. The van der Waals surface area contributed by atoms with Gasteiger partial charge in [0.2, 0.25) is 0 Å². The lowest BCUT2D eigenvalue weighted by Crippen LogP contribution is -2.21. The highest BCUT2D eigenvalue weighted by atomic mass is 19.1. The highest BCUT2D eigenvalue weighted by Gasteiger charge is 2.07. The highest BCUT2D eigenvalue weighted by molar-refractivity contribution is 5.16. The van der Waals surface area contributed by atoms with E-state index in [0.717, 1.165) is 0 Å². The number of rotatable bonds is 6. The fourth-order valence-electron chi connectivity index (χ4n) is 1.53. The second-order valence-electron chi connectivity index (χ2n) is 3.92. The van der Waals surface area contributed by atoms with Crippen LogP contribution in [0.1, 0.15) is 5.56 Å². The fraction of sp³-hybridized carbons (Fsp3) is 0.333. The minimum Gasteiger partial charge on any atom is -0.389 e. The zero-order valence-corrected chi connectivity index (χ0v) is 9.74. The Morgan fingerprint density at radius 1 is 1.28 bits per heavy atom. The van der Waals surface area contributed by atoms with Crippen LogP contribution in [0.15, 0.2) is 36.9 Å². The summed E-state index contributed by atoms with van der Waals surface area (Å²) < 4.78 is 20.2. The van der Waals surface area contributed by atoms with Gasteiger partial charge in [-0.1, -0.05) is 18.2 Å². The smallest absolute Gasteiger partial charge is 0.128 e. The van der Waals surface area contributed by atoms with Crippen molar-refractivity contribution in [2.24, 2.45) is 0 Å². The molecule has 1 N–H and O–H groups in total. The van der Waals surface area contributed by atoms with Gasteiger partial charge in [0.1, 0.15) is 18.5 Å². The quantitative estimate of drug-likeness (QED) is 0.832. The number of aromatic nitrogens is 3. The molecular weight excluding hydrogens is 237 g/mol. The van der Waals surface area contributed by atoms with E-state index in [9.17, 15) is 9.50 Å². The van der Waals surface area contributed by atoms with Crippen molar-refractivity contribution in [1.29, 1.82) is 0 Å². The average molecular weight is 251 g/mol. The number of hydrogen-bond acceptors (Lipinski definition) is 4. The third-order valence-corrected chi connectivity index (χ3v) is 2.41. The second-order valence-corrected chi connectivity index (χ2v) is 3.92. The first-order valence-electron chi connectivity index (χ1n) is 5.57. The lowest BCUT2D eigenvalue weighted by Gasteiger charge is -2.11.